The molecule has 0 aliphatic heterocycles. The first-order valence-electron chi connectivity index (χ1n) is 5.72. The normalized spacial score (nSPS) is 13.6. The fourth-order valence-corrected chi connectivity index (χ4v) is 1.51. The van der Waals surface area contributed by atoms with E-state index in [0.717, 1.165) is 0 Å². The van der Waals surface area contributed by atoms with Gasteiger partial charge in [-0.2, -0.15) is 0 Å². The smallest absolute Gasteiger partial charge is 0.493 e. The van der Waals surface area contributed by atoms with Crippen LogP contribution in [0.1, 0.15) is 20.3 Å². The lowest BCUT2D eigenvalue weighted by atomic mass is 10.2. The molecule has 5 nitrogen and oxygen atoms in total. The van der Waals surface area contributed by atoms with Crippen molar-refractivity contribution in [1.29, 1.82) is 0 Å². The van der Waals surface area contributed by atoms with Gasteiger partial charge < -0.3 is 19.3 Å². The van der Waals surface area contributed by atoms with Crippen molar-refractivity contribution in [3.63, 3.8) is 0 Å². The van der Waals surface area contributed by atoms with Crippen LogP contribution in [0, 0.1) is 0 Å². The molecule has 0 saturated heterocycles. The van der Waals surface area contributed by atoms with Crippen LogP contribution in [0.5, 0.6) is 11.5 Å². The molecular formula is C13H18O5. The molecular weight excluding hydrogens is 236 g/mol. The lowest BCUT2D eigenvalue weighted by Gasteiger charge is -2.15. The first-order chi connectivity index (χ1) is 8.52. The van der Waals surface area contributed by atoms with Gasteiger partial charge in [0.15, 0.2) is 11.5 Å². The van der Waals surface area contributed by atoms with E-state index >= 15 is 0 Å². The second-order valence-electron chi connectivity index (χ2n) is 4.02. The molecule has 0 fully saturated rings. The van der Waals surface area contributed by atoms with Gasteiger partial charge in [-0.15, -0.1) is 0 Å². The fourth-order valence-electron chi connectivity index (χ4n) is 1.51. The Hall–Kier alpha value is -1.75. The van der Waals surface area contributed by atoms with Gasteiger partial charge in [0.1, 0.15) is 6.10 Å². The lowest BCUT2D eigenvalue weighted by Crippen LogP contribution is -2.21. The first kappa shape index (κ1) is 14.3. The molecule has 100 valence electrons. The summed E-state index contributed by atoms with van der Waals surface area (Å²) in [7, 11) is 1.49. The highest BCUT2D eigenvalue weighted by Gasteiger charge is 2.15. The topological polar surface area (TPSA) is 65.0 Å². The molecule has 0 amide bonds. The first-order valence-corrected chi connectivity index (χ1v) is 5.72. The summed E-state index contributed by atoms with van der Waals surface area (Å²) in [6, 6.07) is 6.79. The van der Waals surface area contributed by atoms with E-state index in [2.05, 4.69) is 0 Å². The molecule has 0 aromatic heterocycles. The highest BCUT2D eigenvalue weighted by Crippen LogP contribution is 2.26. The number of para-hydroxylation sites is 2. The monoisotopic (exact) mass is 254 g/mol. The second kappa shape index (κ2) is 6.86. The van der Waals surface area contributed by atoms with E-state index in [1.807, 2.05) is 0 Å². The minimum atomic E-state index is -0.812. The van der Waals surface area contributed by atoms with Crippen LogP contribution in [0.4, 0.5) is 4.79 Å². The molecule has 1 N–H and O–H groups in total. The van der Waals surface area contributed by atoms with Crippen molar-refractivity contribution in [3.05, 3.63) is 24.3 Å². The quantitative estimate of drug-likeness (QED) is 0.645. The predicted molar refractivity (Wildman–Crippen MR) is 65.9 cm³/mol. The third-order valence-electron chi connectivity index (χ3n) is 2.23. The number of aliphatic hydroxyl groups excluding tert-OH is 1. The van der Waals surface area contributed by atoms with Crippen LogP contribution in [0.3, 0.4) is 0 Å². The van der Waals surface area contributed by atoms with E-state index in [4.69, 9.17) is 19.3 Å². The number of hydrogen-bond acceptors (Lipinski definition) is 5. The van der Waals surface area contributed by atoms with Gasteiger partial charge in [-0.1, -0.05) is 12.1 Å². The Morgan fingerprint density at radius 3 is 2.44 bits per heavy atom. The molecule has 2 unspecified atom stereocenters. The Balaban J connectivity index is 2.54. The standard InChI is InChI=1S/C13H18O5/c1-9(14)8-10(2)17-13(15)18-12-7-5-4-6-11(12)16-3/h4-7,9-10,14H,8H2,1-3H3. The van der Waals surface area contributed by atoms with Crippen LogP contribution in [-0.4, -0.2) is 30.6 Å². The third kappa shape index (κ3) is 4.63. The molecule has 1 rings (SSSR count). The maximum absolute atomic E-state index is 11.5. The van der Waals surface area contributed by atoms with Gasteiger partial charge in [0.05, 0.1) is 13.2 Å². The molecule has 0 aliphatic rings. The maximum Gasteiger partial charge on any atom is 0.514 e. The van der Waals surface area contributed by atoms with Crippen LogP contribution in [0.25, 0.3) is 0 Å². The summed E-state index contributed by atoms with van der Waals surface area (Å²) in [6.45, 7) is 3.32. The van der Waals surface area contributed by atoms with Crippen LogP contribution in [-0.2, 0) is 4.74 Å². The molecule has 1 aromatic rings. The Labute approximate surface area is 106 Å². The van der Waals surface area contributed by atoms with Crippen molar-refractivity contribution in [2.45, 2.75) is 32.5 Å². The van der Waals surface area contributed by atoms with Crippen molar-refractivity contribution in [2.75, 3.05) is 7.11 Å². The summed E-state index contributed by atoms with van der Waals surface area (Å²) >= 11 is 0. The van der Waals surface area contributed by atoms with E-state index in [-0.39, 0.29) is 0 Å². The van der Waals surface area contributed by atoms with Crippen molar-refractivity contribution in [2.24, 2.45) is 0 Å². The summed E-state index contributed by atoms with van der Waals surface area (Å²) in [6.07, 6.45) is -1.39. The van der Waals surface area contributed by atoms with Gasteiger partial charge >= 0.3 is 6.16 Å². The number of rotatable bonds is 5. The molecule has 5 heteroatoms. The molecule has 0 aliphatic carbocycles. The zero-order valence-corrected chi connectivity index (χ0v) is 10.8. The van der Waals surface area contributed by atoms with E-state index in [1.54, 1.807) is 38.1 Å². The zero-order chi connectivity index (χ0) is 13.5. The summed E-state index contributed by atoms with van der Waals surface area (Å²) in [5.41, 5.74) is 0. The summed E-state index contributed by atoms with van der Waals surface area (Å²) in [5, 5.41) is 9.16. The molecule has 0 spiro atoms. The number of carbonyl (C=O) groups excluding carboxylic acids is 1. The largest absolute Gasteiger partial charge is 0.514 e. The van der Waals surface area contributed by atoms with Gasteiger partial charge in [0.25, 0.3) is 0 Å². The minimum absolute atomic E-state index is 0.300. The zero-order valence-electron chi connectivity index (χ0n) is 10.8. The minimum Gasteiger partial charge on any atom is -0.493 e. The van der Waals surface area contributed by atoms with Crippen molar-refractivity contribution in [1.82, 2.24) is 0 Å². The predicted octanol–water partition coefficient (Wildman–Crippen LogP) is 2.37. The highest BCUT2D eigenvalue weighted by molar-refractivity contribution is 5.65. The number of aliphatic hydroxyl groups is 1. The van der Waals surface area contributed by atoms with Gasteiger partial charge in [-0.3, -0.25) is 0 Å². The molecule has 2 atom stereocenters. The van der Waals surface area contributed by atoms with Crippen LogP contribution in [0.15, 0.2) is 24.3 Å². The van der Waals surface area contributed by atoms with Crippen LogP contribution in [0.2, 0.25) is 0 Å². The van der Waals surface area contributed by atoms with E-state index in [0.29, 0.717) is 17.9 Å². The second-order valence-corrected chi connectivity index (χ2v) is 4.02. The Bertz CT molecular complexity index is 389. The van der Waals surface area contributed by atoms with Gasteiger partial charge in [0.2, 0.25) is 0 Å². The van der Waals surface area contributed by atoms with Crippen molar-refractivity contribution >= 4 is 6.16 Å². The number of hydrogen-bond donors (Lipinski definition) is 1. The maximum atomic E-state index is 11.5. The molecule has 0 saturated carbocycles. The molecule has 18 heavy (non-hydrogen) atoms. The number of ether oxygens (including phenoxy) is 3. The van der Waals surface area contributed by atoms with E-state index in [1.165, 1.54) is 7.11 Å². The number of benzene rings is 1. The Morgan fingerprint density at radius 1 is 1.28 bits per heavy atom. The molecule has 0 bridgehead atoms. The highest BCUT2D eigenvalue weighted by atomic mass is 16.7. The SMILES string of the molecule is COc1ccccc1OC(=O)OC(C)CC(C)O. The molecule has 0 radical (unpaired) electrons. The summed E-state index contributed by atoms with van der Waals surface area (Å²) in [4.78, 5) is 11.5. The molecule has 1 aromatic carbocycles. The Kier molecular flexibility index (Phi) is 5.45. The summed E-state index contributed by atoms with van der Waals surface area (Å²) in [5.74, 6) is 0.756. The van der Waals surface area contributed by atoms with Crippen molar-refractivity contribution < 1.29 is 24.1 Å². The third-order valence-corrected chi connectivity index (χ3v) is 2.23. The van der Waals surface area contributed by atoms with Crippen LogP contribution >= 0.6 is 0 Å². The van der Waals surface area contributed by atoms with Gasteiger partial charge in [-0.25, -0.2) is 4.79 Å². The number of methoxy groups -OCH3 is 1. The van der Waals surface area contributed by atoms with Crippen molar-refractivity contribution in [3.8, 4) is 11.5 Å². The average molecular weight is 254 g/mol. The Morgan fingerprint density at radius 2 is 1.89 bits per heavy atom. The van der Waals surface area contributed by atoms with E-state index in [9.17, 15) is 4.79 Å². The number of carbonyl (C=O) groups is 1. The average Bonchev–Trinajstić information content (AvgIpc) is 2.28. The van der Waals surface area contributed by atoms with E-state index < -0.39 is 18.4 Å². The fraction of sp³-hybridized carbons (Fsp3) is 0.462. The molecule has 0 heterocycles. The lowest BCUT2D eigenvalue weighted by molar-refractivity contribution is 0.0406. The van der Waals surface area contributed by atoms with Crippen LogP contribution < -0.4 is 9.47 Å². The van der Waals surface area contributed by atoms with Gasteiger partial charge in [-0.05, 0) is 26.0 Å². The summed E-state index contributed by atoms with van der Waals surface area (Å²) < 4.78 is 15.1. The van der Waals surface area contributed by atoms with Gasteiger partial charge in [0, 0.05) is 6.42 Å².